The Kier molecular flexibility index (Phi) is 6.22. The van der Waals surface area contributed by atoms with Crippen LogP contribution in [0.4, 0.5) is 21.6 Å². The zero-order chi connectivity index (χ0) is 22.8. The van der Waals surface area contributed by atoms with Gasteiger partial charge in [0.2, 0.25) is 5.91 Å². The van der Waals surface area contributed by atoms with Crippen LogP contribution in [0.5, 0.6) is 0 Å². The maximum Gasteiger partial charge on any atom is 0.248 e. The number of nitrogens with zero attached hydrogens (tertiary/aromatic N) is 3. The number of rotatable bonds is 6. The number of aromatic nitrogens is 2. The first-order valence-electron chi connectivity index (χ1n) is 10.8. The molecule has 0 saturated carbocycles. The Labute approximate surface area is 195 Å². The summed E-state index contributed by atoms with van der Waals surface area (Å²) in [5.41, 5.74) is 1.92. The predicted molar refractivity (Wildman–Crippen MR) is 126 cm³/mol. The summed E-state index contributed by atoms with van der Waals surface area (Å²) in [6.07, 6.45) is 7.23. The summed E-state index contributed by atoms with van der Waals surface area (Å²) in [4.78, 5) is 23.5. The molecule has 170 valence electrons. The normalized spacial score (nSPS) is 20.4. The van der Waals surface area contributed by atoms with Crippen LogP contribution in [-0.2, 0) is 9.53 Å². The highest BCUT2D eigenvalue weighted by molar-refractivity contribution is 6.31. The van der Waals surface area contributed by atoms with Crippen molar-refractivity contribution in [3.63, 3.8) is 0 Å². The molecule has 7 nitrogen and oxygen atoms in total. The molecular weight excluding hydrogens is 445 g/mol. The van der Waals surface area contributed by atoms with Crippen LogP contribution >= 0.6 is 11.6 Å². The molecule has 2 bridgehead atoms. The molecule has 0 spiro atoms. The maximum absolute atomic E-state index is 13.5. The molecule has 2 aromatic carbocycles. The molecule has 2 aliphatic heterocycles. The SMILES string of the molecule is O=C(/C=C/CN1C2CCC1COC2)Nc1ccc2ncnc(Nc3ccc(F)c(Cl)c3)c2c1. The van der Waals surface area contributed by atoms with Crippen LogP contribution in [0.25, 0.3) is 10.9 Å². The highest BCUT2D eigenvalue weighted by Gasteiger charge is 2.36. The number of carbonyl (C=O) groups excluding carboxylic acids is 1. The van der Waals surface area contributed by atoms with Gasteiger partial charge < -0.3 is 15.4 Å². The van der Waals surface area contributed by atoms with Gasteiger partial charge in [0.25, 0.3) is 0 Å². The number of carbonyl (C=O) groups is 1. The number of ether oxygens (including phenoxy) is 1. The number of hydrogen-bond acceptors (Lipinski definition) is 6. The number of hydrogen-bond donors (Lipinski definition) is 2. The number of benzene rings is 2. The van der Waals surface area contributed by atoms with Crippen LogP contribution in [0, 0.1) is 5.82 Å². The zero-order valence-corrected chi connectivity index (χ0v) is 18.6. The van der Waals surface area contributed by atoms with Gasteiger partial charge in [0.05, 0.1) is 23.8 Å². The van der Waals surface area contributed by atoms with Crippen LogP contribution in [0.1, 0.15) is 12.8 Å². The summed E-state index contributed by atoms with van der Waals surface area (Å²) in [7, 11) is 0. The van der Waals surface area contributed by atoms with E-state index < -0.39 is 5.82 Å². The summed E-state index contributed by atoms with van der Waals surface area (Å²) < 4.78 is 19.1. The van der Waals surface area contributed by atoms with E-state index in [-0.39, 0.29) is 10.9 Å². The first-order chi connectivity index (χ1) is 16.1. The summed E-state index contributed by atoms with van der Waals surface area (Å²) in [5, 5.41) is 6.76. The molecule has 2 unspecified atom stereocenters. The minimum absolute atomic E-state index is 0.0168. The minimum atomic E-state index is -0.492. The quantitative estimate of drug-likeness (QED) is 0.519. The van der Waals surface area contributed by atoms with E-state index in [1.54, 1.807) is 24.3 Å². The van der Waals surface area contributed by atoms with Crippen LogP contribution in [0.2, 0.25) is 5.02 Å². The van der Waals surface area contributed by atoms with E-state index in [2.05, 4.69) is 25.5 Å². The van der Waals surface area contributed by atoms with E-state index in [1.165, 1.54) is 18.5 Å². The standard InChI is InChI=1S/C24H23ClFN5O2/c25-20-11-16(3-7-21(20)26)30-24-19-10-15(4-8-22(19)27-14-28-24)29-23(32)2-1-9-31-17-5-6-18(31)13-33-12-17/h1-4,7-8,10-11,14,17-18H,5-6,9,12-13H2,(H,29,32)(H,27,28,30)/b2-1+. The average Bonchev–Trinajstić information content (AvgIpc) is 3.02. The lowest BCUT2D eigenvalue weighted by Gasteiger charge is -2.33. The summed E-state index contributed by atoms with van der Waals surface area (Å²) in [6, 6.07) is 10.7. The fourth-order valence-electron chi connectivity index (χ4n) is 4.42. The van der Waals surface area contributed by atoms with Crippen molar-refractivity contribution in [2.75, 3.05) is 30.4 Å². The van der Waals surface area contributed by atoms with Crippen LogP contribution in [-0.4, -0.2) is 52.6 Å². The third-order valence-corrected chi connectivity index (χ3v) is 6.35. The Bertz CT molecular complexity index is 1200. The van der Waals surface area contributed by atoms with Crippen LogP contribution < -0.4 is 10.6 Å². The number of anilines is 3. The lowest BCUT2D eigenvalue weighted by molar-refractivity contribution is -0.111. The molecule has 1 aromatic heterocycles. The topological polar surface area (TPSA) is 79.4 Å². The smallest absolute Gasteiger partial charge is 0.248 e. The highest BCUT2D eigenvalue weighted by Crippen LogP contribution is 2.29. The van der Waals surface area contributed by atoms with Crippen molar-refractivity contribution in [3.05, 3.63) is 65.7 Å². The minimum Gasteiger partial charge on any atom is -0.378 e. The van der Waals surface area contributed by atoms with Gasteiger partial charge in [-0.05, 0) is 49.2 Å². The predicted octanol–water partition coefficient (Wildman–Crippen LogP) is 4.52. The molecule has 2 aliphatic rings. The molecule has 33 heavy (non-hydrogen) atoms. The lowest BCUT2D eigenvalue weighted by Crippen LogP contribution is -2.45. The molecular formula is C24H23ClFN5O2. The Hall–Kier alpha value is -3.07. The van der Waals surface area contributed by atoms with Gasteiger partial charge in [-0.25, -0.2) is 14.4 Å². The summed E-state index contributed by atoms with van der Waals surface area (Å²) in [5.74, 6) is -0.169. The Morgan fingerprint density at radius 2 is 1.94 bits per heavy atom. The fraction of sp³-hybridized carbons (Fsp3) is 0.292. The van der Waals surface area contributed by atoms with E-state index in [0.29, 0.717) is 40.2 Å². The van der Waals surface area contributed by atoms with Crippen molar-refractivity contribution in [2.24, 2.45) is 0 Å². The first kappa shape index (κ1) is 21.8. The average molecular weight is 468 g/mol. The Morgan fingerprint density at radius 3 is 2.73 bits per heavy atom. The van der Waals surface area contributed by atoms with Gasteiger partial charge in [0.1, 0.15) is 18.0 Å². The van der Waals surface area contributed by atoms with E-state index in [1.807, 2.05) is 12.1 Å². The molecule has 3 aromatic rings. The largest absolute Gasteiger partial charge is 0.378 e. The highest BCUT2D eigenvalue weighted by atomic mass is 35.5. The van der Waals surface area contributed by atoms with Crippen LogP contribution in [0.15, 0.2) is 54.9 Å². The van der Waals surface area contributed by atoms with Crippen molar-refractivity contribution in [1.82, 2.24) is 14.9 Å². The molecule has 9 heteroatoms. The first-order valence-corrected chi connectivity index (χ1v) is 11.2. The lowest BCUT2D eigenvalue weighted by atomic mass is 10.2. The number of halogens is 2. The molecule has 5 rings (SSSR count). The van der Waals surface area contributed by atoms with Gasteiger partial charge in [-0.2, -0.15) is 0 Å². The van der Waals surface area contributed by atoms with E-state index in [9.17, 15) is 9.18 Å². The molecule has 3 heterocycles. The number of morpholine rings is 1. The van der Waals surface area contributed by atoms with Crippen molar-refractivity contribution in [3.8, 4) is 0 Å². The molecule has 2 N–H and O–H groups in total. The number of amides is 1. The number of fused-ring (bicyclic) bond motifs is 3. The third-order valence-electron chi connectivity index (χ3n) is 6.06. The molecule has 2 fully saturated rings. The number of nitrogens with one attached hydrogen (secondary N) is 2. The monoisotopic (exact) mass is 467 g/mol. The molecule has 2 atom stereocenters. The van der Waals surface area contributed by atoms with Crippen molar-refractivity contribution >= 4 is 45.6 Å². The van der Waals surface area contributed by atoms with Crippen molar-refractivity contribution in [2.45, 2.75) is 24.9 Å². The molecule has 1 amide bonds. The Balaban J connectivity index is 1.28. The van der Waals surface area contributed by atoms with E-state index >= 15 is 0 Å². The second-order valence-corrected chi connectivity index (χ2v) is 8.63. The molecule has 0 aliphatic carbocycles. The van der Waals surface area contributed by atoms with Crippen molar-refractivity contribution in [1.29, 1.82) is 0 Å². The van der Waals surface area contributed by atoms with Gasteiger partial charge >= 0.3 is 0 Å². The molecule has 0 radical (unpaired) electrons. The molecule has 2 saturated heterocycles. The van der Waals surface area contributed by atoms with Crippen LogP contribution in [0.3, 0.4) is 0 Å². The van der Waals surface area contributed by atoms with Gasteiger partial charge in [0, 0.05) is 41.5 Å². The fourth-order valence-corrected chi connectivity index (χ4v) is 4.60. The maximum atomic E-state index is 13.5. The van der Waals surface area contributed by atoms with Crippen molar-refractivity contribution < 1.29 is 13.9 Å². The second kappa shape index (κ2) is 9.43. The second-order valence-electron chi connectivity index (χ2n) is 8.22. The van der Waals surface area contributed by atoms with Gasteiger partial charge in [-0.1, -0.05) is 17.7 Å². The van der Waals surface area contributed by atoms with E-state index in [0.717, 1.165) is 32.6 Å². The Morgan fingerprint density at radius 1 is 1.15 bits per heavy atom. The van der Waals surface area contributed by atoms with Gasteiger partial charge in [0.15, 0.2) is 0 Å². The summed E-state index contributed by atoms with van der Waals surface area (Å²) >= 11 is 5.88. The third kappa shape index (κ3) is 4.83. The van der Waals surface area contributed by atoms with Gasteiger partial charge in [-0.3, -0.25) is 9.69 Å². The van der Waals surface area contributed by atoms with E-state index in [4.69, 9.17) is 16.3 Å². The van der Waals surface area contributed by atoms with Gasteiger partial charge in [-0.15, -0.1) is 0 Å². The zero-order valence-electron chi connectivity index (χ0n) is 17.8. The summed E-state index contributed by atoms with van der Waals surface area (Å²) in [6.45, 7) is 2.29.